The second kappa shape index (κ2) is 10.1. The zero-order valence-electron chi connectivity index (χ0n) is 17.9. The molecule has 0 fully saturated rings. The van der Waals surface area contributed by atoms with Crippen molar-refractivity contribution in [1.82, 2.24) is 5.32 Å². The number of aliphatic hydroxyl groups excluding tert-OH is 1. The van der Waals surface area contributed by atoms with Crippen LogP contribution in [0.5, 0.6) is 5.75 Å². The van der Waals surface area contributed by atoms with Gasteiger partial charge in [-0.05, 0) is 74.3 Å². The average molecular weight is 412 g/mol. The zero-order chi connectivity index (χ0) is 21.6. The van der Waals surface area contributed by atoms with Crippen LogP contribution in [-0.2, 0) is 24.1 Å². The zero-order valence-corrected chi connectivity index (χ0v) is 17.9. The largest absolute Gasteiger partial charge is 0.491 e. The van der Waals surface area contributed by atoms with Gasteiger partial charge in [0.1, 0.15) is 18.5 Å². The van der Waals surface area contributed by atoms with Gasteiger partial charge in [-0.15, -0.1) is 0 Å². The van der Waals surface area contributed by atoms with Crippen molar-refractivity contribution in [3.05, 3.63) is 65.2 Å². The smallest absolute Gasteiger partial charge is 0.303 e. The van der Waals surface area contributed by atoms with E-state index < -0.39 is 12.1 Å². The topological polar surface area (TPSA) is 78.8 Å². The van der Waals surface area contributed by atoms with Crippen molar-refractivity contribution in [2.75, 3.05) is 13.2 Å². The molecule has 1 aliphatic carbocycles. The predicted octanol–water partition coefficient (Wildman–Crippen LogP) is 3.62. The van der Waals surface area contributed by atoms with Crippen LogP contribution in [0, 0.1) is 5.92 Å². The minimum Gasteiger partial charge on any atom is -0.491 e. The Labute approximate surface area is 179 Å². The molecule has 0 saturated carbocycles. The fourth-order valence-electron chi connectivity index (χ4n) is 4.28. The summed E-state index contributed by atoms with van der Waals surface area (Å²) in [5.74, 6) is 0.471. The van der Waals surface area contributed by atoms with Crippen molar-refractivity contribution in [2.24, 2.45) is 5.92 Å². The van der Waals surface area contributed by atoms with Crippen LogP contribution in [0.3, 0.4) is 0 Å². The van der Waals surface area contributed by atoms with Gasteiger partial charge in [-0.3, -0.25) is 4.79 Å². The Bertz CT molecular complexity index is 824. The molecule has 0 spiro atoms. The van der Waals surface area contributed by atoms with Crippen molar-refractivity contribution < 1.29 is 19.7 Å². The molecule has 0 bridgehead atoms. The van der Waals surface area contributed by atoms with Crippen molar-refractivity contribution in [3.8, 4) is 5.75 Å². The van der Waals surface area contributed by atoms with Crippen LogP contribution < -0.4 is 10.1 Å². The molecular formula is C25H33NO4. The van der Waals surface area contributed by atoms with E-state index in [4.69, 9.17) is 9.84 Å². The Hall–Kier alpha value is -2.37. The Morgan fingerprint density at radius 2 is 1.87 bits per heavy atom. The van der Waals surface area contributed by atoms with Crippen LogP contribution in [-0.4, -0.2) is 41.0 Å². The number of carboxylic acids is 1. The van der Waals surface area contributed by atoms with Crippen LogP contribution >= 0.6 is 0 Å². The fraction of sp³-hybridized carbons (Fsp3) is 0.480. The number of β-amino-alcohol motifs (C(OH)–C–C–N with tert-alkyl or cyclic N) is 1. The maximum atomic E-state index is 10.7. The highest BCUT2D eigenvalue weighted by Crippen LogP contribution is 2.31. The number of aliphatic hydroxyl groups is 1. The molecule has 2 aromatic rings. The van der Waals surface area contributed by atoms with Gasteiger partial charge in [0.25, 0.3) is 0 Å². The Morgan fingerprint density at radius 3 is 2.53 bits per heavy atom. The average Bonchev–Trinajstić information content (AvgIpc) is 3.11. The first-order valence-electron chi connectivity index (χ1n) is 10.7. The molecule has 162 valence electrons. The minimum atomic E-state index is -0.813. The van der Waals surface area contributed by atoms with Gasteiger partial charge in [0.05, 0.1) is 0 Å². The Kier molecular flexibility index (Phi) is 7.51. The van der Waals surface area contributed by atoms with Gasteiger partial charge in [-0.1, -0.05) is 36.4 Å². The number of benzene rings is 2. The van der Waals surface area contributed by atoms with E-state index in [1.54, 1.807) is 0 Å². The Balaban J connectivity index is 1.40. The SMILES string of the molecule is CC(C)(CC1Cc2ccccc2C1)NC[C@@H](O)COc1cccc(CCC(=O)O)c1. The molecule has 1 aliphatic rings. The van der Waals surface area contributed by atoms with Crippen molar-refractivity contribution in [3.63, 3.8) is 0 Å². The fourth-order valence-corrected chi connectivity index (χ4v) is 4.28. The molecule has 1 atom stereocenters. The van der Waals surface area contributed by atoms with E-state index >= 15 is 0 Å². The Morgan fingerprint density at radius 1 is 1.17 bits per heavy atom. The third kappa shape index (κ3) is 6.85. The lowest BCUT2D eigenvalue weighted by Crippen LogP contribution is -2.46. The van der Waals surface area contributed by atoms with Gasteiger partial charge in [0.2, 0.25) is 0 Å². The van der Waals surface area contributed by atoms with E-state index in [1.807, 2.05) is 24.3 Å². The third-order valence-corrected chi connectivity index (χ3v) is 5.72. The summed E-state index contributed by atoms with van der Waals surface area (Å²) < 4.78 is 5.72. The van der Waals surface area contributed by atoms with E-state index in [-0.39, 0.29) is 18.6 Å². The summed E-state index contributed by atoms with van der Waals surface area (Å²) >= 11 is 0. The van der Waals surface area contributed by atoms with Gasteiger partial charge >= 0.3 is 5.97 Å². The molecule has 0 unspecified atom stereocenters. The van der Waals surface area contributed by atoms with Gasteiger partial charge in [0.15, 0.2) is 0 Å². The van der Waals surface area contributed by atoms with Crippen molar-refractivity contribution in [2.45, 2.75) is 57.6 Å². The number of carboxylic acid groups (broad SMARTS) is 1. The monoisotopic (exact) mass is 411 g/mol. The molecule has 0 aromatic heterocycles. The number of rotatable bonds is 11. The maximum absolute atomic E-state index is 10.7. The number of carbonyl (C=O) groups is 1. The number of hydrogen-bond donors (Lipinski definition) is 3. The second-order valence-electron chi connectivity index (χ2n) is 9.02. The van der Waals surface area contributed by atoms with Crippen LogP contribution in [0.15, 0.2) is 48.5 Å². The number of nitrogens with one attached hydrogen (secondary N) is 1. The van der Waals surface area contributed by atoms with E-state index in [9.17, 15) is 9.90 Å². The van der Waals surface area contributed by atoms with E-state index in [1.165, 1.54) is 11.1 Å². The number of hydrogen-bond acceptors (Lipinski definition) is 4. The minimum absolute atomic E-state index is 0.0650. The molecule has 0 amide bonds. The van der Waals surface area contributed by atoms with Gasteiger partial charge in [-0.25, -0.2) is 0 Å². The normalized spacial score (nSPS) is 15.0. The molecule has 30 heavy (non-hydrogen) atoms. The first kappa shape index (κ1) is 22.3. The van der Waals surface area contributed by atoms with Crippen molar-refractivity contribution in [1.29, 1.82) is 0 Å². The molecule has 0 radical (unpaired) electrons. The van der Waals surface area contributed by atoms with Gasteiger partial charge in [-0.2, -0.15) is 0 Å². The first-order valence-corrected chi connectivity index (χ1v) is 10.7. The number of ether oxygens (including phenoxy) is 1. The summed E-state index contributed by atoms with van der Waals surface area (Å²) in [5, 5.41) is 22.7. The third-order valence-electron chi connectivity index (χ3n) is 5.72. The summed E-state index contributed by atoms with van der Waals surface area (Å²) in [6, 6.07) is 16.1. The maximum Gasteiger partial charge on any atom is 0.303 e. The standard InChI is InChI=1S/C25H33NO4/c1-25(2,15-19-12-20-7-3-4-8-21(20)13-19)26-16-22(27)17-30-23-9-5-6-18(14-23)10-11-24(28)29/h3-9,14,19,22,26-27H,10-13,15-17H2,1-2H3,(H,28,29)/t22-/m1/s1. The summed E-state index contributed by atoms with van der Waals surface area (Å²) in [7, 11) is 0. The van der Waals surface area contributed by atoms with E-state index in [0.29, 0.717) is 24.6 Å². The lowest BCUT2D eigenvalue weighted by molar-refractivity contribution is -0.136. The van der Waals surface area contributed by atoms with E-state index in [2.05, 4.69) is 43.4 Å². The lowest BCUT2D eigenvalue weighted by atomic mass is 9.88. The predicted molar refractivity (Wildman–Crippen MR) is 118 cm³/mol. The summed E-state index contributed by atoms with van der Waals surface area (Å²) in [4.78, 5) is 10.7. The van der Waals surface area contributed by atoms with Crippen LogP contribution in [0.1, 0.15) is 43.4 Å². The summed E-state index contributed by atoms with van der Waals surface area (Å²) in [6.07, 6.45) is 3.26. The van der Waals surface area contributed by atoms with Crippen LogP contribution in [0.4, 0.5) is 0 Å². The summed E-state index contributed by atoms with van der Waals surface area (Å²) in [5.41, 5.74) is 3.79. The first-order chi connectivity index (χ1) is 14.3. The molecule has 3 rings (SSSR count). The molecule has 0 saturated heterocycles. The second-order valence-corrected chi connectivity index (χ2v) is 9.02. The number of fused-ring (bicyclic) bond motifs is 1. The molecule has 5 nitrogen and oxygen atoms in total. The highest BCUT2D eigenvalue weighted by molar-refractivity contribution is 5.67. The highest BCUT2D eigenvalue weighted by Gasteiger charge is 2.28. The highest BCUT2D eigenvalue weighted by atomic mass is 16.5. The molecule has 5 heteroatoms. The molecule has 3 N–H and O–H groups in total. The quantitative estimate of drug-likeness (QED) is 0.526. The van der Waals surface area contributed by atoms with Crippen molar-refractivity contribution >= 4 is 5.97 Å². The molecule has 0 heterocycles. The molecule has 2 aromatic carbocycles. The molecule has 0 aliphatic heterocycles. The summed E-state index contributed by atoms with van der Waals surface area (Å²) in [6.45, 7) is 5.04. The number of aryl methyl sites for hydroxylation is 1. The van der Waals surface area contributed by atoms with Crippen LogP contribution in [0.25, 0.3) is 0 Å². The van der Waals surface area contributed by atoms with Gasteiger partial charge in [0, 0.05) is 18.5 Å². The van der Waals surface area contributed by atoms with Gasteiger partial charge < -0.3 is 20.3 Å². The van der Waals surface area contributed by atoms with E-state index in [0.717, 1.165) is 24.8 Å². The number of aliphatic carboxylic acids is 1. The molecular weight excluding hydrogens is 378 g/mol. The lowest BCUT2D eigenvalue weighted by Gasteiger charge is -2.30. The van der Waals surface area contributed by atoms with Crippen LogP contribution in [0.2, 0.25) is 0 Å².